The standard InChI is InChI=1S/C37H38ClN3O6/c1-46-28-13-14-33-30(21-28)32(42)22-34(47-33)36(44)39-31(20-24-9-11-27(38)12-10-24)37(45)40-18-15-25(16-19-40)29-7-3-2-6-26(29)23-41-17-5-4-8-35(41)43/h2-3,6-7,9-14,21-22,25,31H,4-5,8,15-20,23H2,1H3,(H,39,44)/t31-/m1/s1. The van der Waals surface area contributed by atoms with Crippen molar-refractivity contribution in [2.24, 2.45) is 0 Å². The molecule has 1 N–H and O–H groups in total. The highest BCUT2D eigenvalue weighted by atomic mass is 35.5. The molecular formula is C37H38ClN3O6. The minimum Gasteiger partial charge on any atom is -0.497 e. The molecule has 0 bridgehead atoms. The smallest absolute Gasteiger partial charge is 0.287 e. The highest BCUT2D eigenvalue weighted by molar-refractivity contribution is 6.30. The van der Waals surface area contributed by atoms with E-state index in [9.17, 15) is 19.2 Å². The van der Waals surface area contributed by atoms with Crippen LogP contribution in [-0.2, 0) is 22.6 Å². The van der Waals surface area contributed by atoms with Crippen LogP contribution in [0, 0.1) is 0 Å². The van der Waals surface area contributed by atoms with Crippen LogP contribution in [0.3, 0.4) is 0 Å². The number of hydrogen-bond donors (Lipinski definition) is 1. The zero-order valence-corrected chi connectivity index (χ0v) is 27.1. The van der Waals surface area contributed by atoms with Gasteiger partial charge in [-0.25, -0.2) is 0 Å². The Morgan fingerprint density at radius 1 is 0.979 bits per heavy atom. The topological polar surface area (TPSA) is 109 Å². The molecule has 6 rings (SSSR count). The van der Waals surface area contributed by atoms with E-state index >= 15 is 0 Å². The van der Waals surface area contributed by atoms with E-state index in [4.69, 9.17) is 20.8 Å². The van der Waals surface area contributed by atoms with E-state index < -0.39 is 11.9 Å². The van der Waals surface area contributed by atoms with Gasteiger partial charge in [0.15, 0.2) is 11.2 Å². The Hall–Kier alpha value is -4.63. The molecule has 9 nitrogen and oxygen atoms in total. The van der Waals surface area contributed by atoms with Crippen LogP contribution in [0.4, 0.5) is 0 Å². The second kappa shape index (κ2) is 14.4. The highest BCUT2D eigenvalue weighted by Crippen LogP contribution is 2.32. The van der Waals surface area contributed by atoms with Gasteiger partial charge in [-0.3, -0.25) is 19.2 Å². The summed E-state index contributed by atoms with van der Waals surface area (Å²) in [5.74, 6) is -0.0625. The van der Waals surface area contributed by atoms with Crippen LogP contribution in [0.5, 0.6) is 5.75 Å². The third kappa shape index (κ3) is 7.52. The molecular weight excluding hydrogens is 618 g/mol. The summed E-state index contributed by atoms with van der Waals surface area (Å²) in [7, 11) is 1.50. The van der Waals surface area contributed by atoms with E-state index in [1.54, 1.807) is 35.2 Å². The molecule has 2 saturated heterocycles. The van der Waals surface area contributed by atoms with Gasteiger partial charge in [0.05, 0.1) is 12.5 Å². The van der Waals surface area contributed by atoms with Gasteiger partial charge < -0.3 is 24.3 Å². The molecule has 1 atom stereocenters. The number of carbonyl (C=O) groups is 3. The maximum absolute atomic E-state index is 14.0. The molecule has 1 aromatic heterocycles. The third-order valence-electron chi connectivity index (χ3n) is 9.20. The summed E-state index contributed by atoms with van der Waals surface area (Å²) in [5.41, 5.74) is 3.08. The molecule has 0 aliphatic carbocycles. The van der Waals surface area contributed by atoms with Crippen LogP contribution in [-0.4, -0.2) is 60.3 Å². The van der Waals surface area contributed by atoms with E-state index in [2.05, 4.69) is 17.4 Å². The van der Waals surface area contributed by atoms with Crippen molar-refractivity contribution in [2.45, 2.75) is 57.0 Å². The van der Waals surface area contributed by atoms with Crippen molar-refractivity contribution in [1.29, 1.82) is 0 Å². The van der Waals surface area contributed by atoms with Gasteiger partial charge in [-0.05, 0) is 78.6 Å². The van der Waals surface area contributed by atoms with Crippen LogP contribution in [0.25, 0.3) is 11.0 Å². The second-order valence-electron chi connectivity index (χ2n) is 12.3. The largest absolute Gasteiger partial charge is 0.497 e. The van der Waals surface area contributed by atoms with Gasteiger partial charge in [-0.15, -0.1) is 0 Å². The summed E-state index contributed by atoms with van der Waals surface area (Å²) in [6.45, 7) is 2.46. The average Bonchev–Trinajstić information content (AvgIpc) is 3.09. The lowest BCUT2D eigenvalue weighted by Crippen LogP contribution is -2.51. The van der Waals surface area contributed by atoms with Crippen molar-refractivity contribution in [3.05, 3.63) is 110 Å². The normalized spacial score (nSPS) is 16.3. The molecule has 0 radical (unpaired) electrons. The number of carbonyl (C=O) groups excluding carboxylic acids is 3. The maximum atomic E-state index is 14.0. The molecule has 4 aromatic rings. The van der Waals surface area contributed by atoms with Crippen molar-refractivity contribution < 1.29 is 23.5 Å². The summed E-state index contributed by atoms with van der Waals surface area (Å²) < 4.78 is 11.0. The fraction of sp³-hybridized carbons (Fsp3) is 0.351. The number of piperidine rings is 2. The summed E-state index contributed by atoms with van der Waals surface area (Å²) >= 11 is 6.10. The number of benzene rings is 3. The molecule has 244 valence electrons. The first-order valence-electron chi connectivity index (χ1n) is 16.1. The first-order chi connectivity index (χ1) is 22.8. The van der Waals surface area contributed by atoms with Crippen molar-refractivity contribution in [3.63, 3.8) is 0 Å². The van der Waals surface area contributed by atoms with Crippen LogP contribution in [0.15, 0.2) is 82.0 Å². The summed E-state index contributed by atoms with van der Waals surface area (Å²) in [6.07, 6.45) is 4.37. The SMILES string of the molecule is COc1ccc2oc(C(=O)N[C@H](Cc3ccc(Cl)cc3)C(=O)N3CCC(c4ccccc4CN4CCCCC4=O)CC3)cc(=O)c2c1. The number of hydrogen-bond acceptors (Lipinski definition) is 6. The number of fused-ring (bicyclic) bond motifs is 1. The summed E-state index contributed by atoms with van der Waals surface area (Å²) in [6, 6.07) is 20.5. The quantitative estimate of drug-likeness (QED) is 0.247. The number of amides is 3. The van der Waals surface area contributed by atoms with Gasteiger partial charge in [0.2, 0.25) is 11.8 Å². The number of nitrogens with zero attached hydrogens (tertiary/aromatic N) is 2. The lowest BCUT2D eigenvalue weighted by atomic mass is 9.86. The van der Waals surface area contributed by atoms with Crippen LogP contribution in [0.1, 0.15) is 65.3 Å². The number of halogens is 1. The molecule has 47 heavy (non-hydrogen) atoms. The third-order valence-corrected chi connectivity index (χ3v) is 9.45. The van der Waals surface area contributed by atoms with E-state index in [0.29, 0.717) is 42.2 Å². The number of ether oxygens (including phenoxy) is 1. The van der Waals surface area contributed by atoms with E-state index in [-0.39, 0.29) is 40.9 Å². The average molecular weight is 656 g/mol. The Kier molecular flexibility index (Phi) is 9.92. The molecule has 2 aliphatic heterocycles. The molecule has 3 heterocycles. The Labute approximate surface area is 278 Å². The number of methoxy groups -OCH3 is 1. The summed E-state index contributed by atoms with van der Waals surface area (Å²) in [4.78, 5) is 56.6. The summed E-state index contributed by atoms with van der Waals surface area (Å²) in [5, 5.41) is 3.72. The zero-order chi connectivity index (χ0) is 32.9. The zero-order valence-electron chi connectivity index (χ0n) is 26.4. The molecule has 2 aliphatic rings. The molecule has 0 unspecified atom stereocenters. The first-order valence-corrected chi connectivity index (χ1v) is 16.5. The predicted octanol–water partition coefficient (Wildman–Crippen LogP) is 5.71. The predicted molar refractivity (Wildman–Crippen MR) is 180 cm³/mol. The molecule has 0 saturated carbocycles. The van der Waals surface area contributed by atoms with E-state index in [1.807, 2.05) is 29.2 Å². The lowest BCUT2D eigenvalue weighted by Gasteiger charge is -2.36. The second-order valence-corrected chi connectivity index (χ2v) is 12.7. The molecule has 2 fully saturated rings. The Balaban J connectivity index is 1.18. The van der Waals surface area contributed by atoms with Crippen LogP contribution < -0.4 is 15.5 Å². The Morgan fingerprint density at radius 2 is 1.74 bits per heavy atom. The van der Waals surface area contributed by atoms with Gasteiger partial charge in [-0.1, -0.05) is 48.0 Å². The first kappa shape index (κ1) is 32.3. The lowest BCUT2D eigenvalue weighted by molar-refractivity contribution is -0.135. The number of nitrogens with one attached hydrogen (secondary N) is 1. The van der Waals surface area contributed by atoms with Gasteiger partial charge in [0.1, 0.15) is 17.4 Å². The molecule has 3 amide bonds. The van der Waals surface area contributed by atoms with Crippen molar-refractivity contribution in [3.8, 4) is 5.75 Å². The van der Waals surface area contributed by atoms with Crippen LogP contribution >= 0.6 is 11.6 Å². The van der Waals surface area contributed by atoms with Crippen molar-refractivity contribution in [1.82, 2.24) is 15.1 Å². The van der Waals surface area contributed by atoms with Gasteiger partial charge >= 0.3 is 0 Å². The molecule has 10 heteroatoms. The highest BCUT2D eigenvalue weighted by Gasteiger charge is 2.32. The van der Waals surface area contributed by atoms with Gasteiger partial charge in [0.25, 0.3) is 5.91 Å². The van der Waals surface area contributed by atoms with E-state index in [0.717, 1.165) is 49.4 Å². The van der Waals surface area contributed by atoms with Gasteiger partial charge in [0, 0.05) is 50.1 Å². The maximum Gasteiger partial charge on any atom is 0.287 e. The van der Waals surface area contributed by atoms with Crippen molar-refractivity contribution >= 4 is 40.3 Å². The number of rotatable bonds is 9. The Bertz CT molecular complexity index is 1830. The fourth-order valence-corrected chi connectivity index (χ4v) is 6.73. The van der Waals surface area contributed by atoms with Gasteiger partial charge in [-0.2, -0.15) is 0 Å². The number of likely N-dealkylation sites (tertiary alicyclic amines) is 2. The van der Waals surface area contributed by atoms with Crippen LogP contribution in [0.2, 0.25) is 5.02 Å². The van der Waals surface area contributed by atoms with E-state index in [1.165, 1.54) is 12.7 Å². The Morgan fingerprint density at radius 3 is 2.49 bits per heavy atom. The molecule has 3 aromatic carbocycles. The monoisotopic (exact) mass is 655 g/mol. The minimum absolute atomic E-state index is 0.177. The molecule has 0 spiro atoms. The van der Waals surface area contributed by atoms with Crippen molar-refractivity contribution in [2.75, 3.05) is 26.7 Å². The fourth-order valence-electron chi connectivity index (χ4n) is 6.60. The minimum atomic E-state index is -0.894.